The van der Waals surface area contributed by atoms with Gasteiger partial charge in [0.25, 0.3) is 0 Å². The van der Waals surface area contributed by atoms with E-state index >= 15 is 0 Å². The van der Waals surface area contributed by atoms with Crippen molar-refractivity contribution in [1.29, 1.82) is 0 Å². The molecule has 70 valence electrons. The monoisotopic (exact) mass is 200 g/mol. The van der Waals surface area contributed by atoms with E-state index in [-0.39, 0.29) is 6.29 Å². The Bertz CT molecular complexity index is 329. The number of hydrogen-bond acceptors (Lipinski definition) is 2. The lowest BCUT2D eigenvalue weighted by atomic mass is 10.2. The second-order valence-corrected chi connectivity index (χ2v) is 4.32. The summed E-state index contributed by atoms with van der Waals surface area (Å²) in [4.78, 5) is 28.1. The molecule has 1 unspecified atom stereocenters. The van der Waals surface area contributed by atoms with Gasteiger partial charge in [0.2, 0.25) is 0 Å². The molecule has 5 heteroatoms. The van der Waals surface area contributed by atoms with Gasteiger partial charge in [-0.1, -0.05) is 30.3 Å². The molecule has 1 aromatic carbocycles. The molecule has 1 rings (SSSR count). The molecular weight excluding hydrogens is 191 g/mol. The largest absolute Gasteiger partial charge is 0.340 e. The highest BCUT2D eigenvalue weighted by Gasteiger charge is 2.29. The summed E-state index contributed by atoms with van der Waals surface area (Å²) in [6.07, 6.45) is 0.274. The van der Waals surface area contributed by atoms with Crippen LogP contribution in [0.1, 0.15) is 11.2 Å². The fraction of sp³-hybridized carbons (Fsp3) is 0.125. The molecule has 0 aliphatic heterocycles. The third kappa shape index (κ3) is 2.49. The van der Waals surface area contributed by atoms with Gasteiger partial charge in [-0.05, 0) is 5.56 Å². The lowest BCUT2D eigenvalue weighted by molar-refractivity contribution is -0.107. The quantitative estimate of drug-likeness (QED) is 0.566. The molecule has 4 nitrogen and oxygen atoms in total. The van der Waals surface area contributed by atoms with E-state index in [1.807, 2.05) is 0 Å². The summed E-state index contributed by atoms with van der Waals surface area (Å²) in [5.74, 6) is 0. The molecule has 2 N–H and O–H groups in total. The summed E-state index contributed by atoms with van der Waals surface area (Å²) in [6, 6.07) is 7.99. The number of hydrogen-bond donors (Lipinski definition) is 2. The zero-order valence-corrected chi connectivity index (χ0v) is 7.59. The lowest BCUT2D eigenvalue weighted by Gasteiger charge is -2.11. The molecule has 0 radical (unpaired) electrons. The molecule has 1 aromatic rings. The molecule has 0 saturated heterocycles. The molecule has 0 aliphatic carbocycles. The lowest BCUT2D eigenvalue weighted by Crippen LogP contribution is -2.00. The van der Waals surface area contributed by atoms with Crippen LogP contribution in [0, 0.1) is 0 Å². The van der Waals surface area contributed by atoms with Crippen molar-refractivity contribution in [3.05, 3.63) is 35.9 Å². The van der Waals surface area contributed by atoms with Crippen LogP contribution in [0.2, 0.25) is 0 Å². The van der Waals surface area contributed by atoms with Crippen molar-refractivity contribution in [2.24, 2.45) is 0 Å². The van der Waals surface area contributed by atoms with E-state index in [9.17, 15) is 9.36 Å². The van der Waals surface area contributed by atoms with Crippen LogP contribution in [0.3, 0.4) is 0 Å². The van der Waals surface area contributed by atoms with Crippen LogP contribution in [0.25, 0.3) is 0 Å². The SMILES string of the molecule is O=CC(c1ccccc1)P(=O)(O)O. The van der Waals surface area contributed by atoms with E-state index in [0.29, 0.717) is 5.56 Å². The fourth-order valence-electron chi connectivity index (χ4n) is 1.00. The van der Waals surface area contributed by atoms with Gasteiger partial charge in [0, 0.05) is 0 Å². The maximum atomic E-state index is 10.8. The van der Waals surface area contributed by atoms with Crippen LogP contribution < -0.4 is 0 Å². The predicted octanol–water partition coefficient (Wildman–Crippen LogP) is 1.10. The molecule has 1 atom stereocenters. The Labute approximate surface area is 75.4 Å². The average molecular weight is 200 g/mol. The second kappa shape index (κ2) is 3.83. The number of carbonyl (C=O) groups is 1. The Morgan fingerprint density at radius 3 is 2.15 bits per heavy atom. The minimum absolute atomic E-state index is 0.274. The van der Waals surface area contributed by atoms with E-state index in [1.54, 1.807) is 18.2 Å². The van der Waals surface area contributed by atoms with Crippen LogP contribution in [0.15, 0.2) is 30.3 Å². The van der Waals surface area contributed by atoms with Gasteiger partial charge in [-0.3, -0.25) is 4.57 Å². The molecule has 0 aliphatic rings. The summed E-state index contributed by atoms with van der Waals surface area (Å²) in [7, 11) is -4.37. The molecule has 0 spiro atoms. The van der Waals surface area contributed by atoms with Crippen molar-refractivity contribution < 1.29 is 19.1 Å². The van der Waals surface area contributed by atoms with E-state index in [0.717, 1.165) is 0 Å². The molecule has 0 saturated carbocycles. The Hall–Kier alpha value is -0.960. The zero-order chi connectivity index (χ0) is 9.90. The number of carbonyl (C=O) groups excluding carboxylic acids is 1. The second-order valence-electron chi connectivity index (χ2n) is 2.58. The van der Waals surface area contributed by atoms with Crippen LogP contribution in [0.4, 0.5) is 0 Å². The highest BCUT2D eigenvalue weighted by molar-refractivity contribution is 7.53. The van der Waals surface area contributed by atoms with E-state index in [1.165, 1.54) is 12.1 Å². The van der Waals surface area contributed by atoms with Crippen molar-refractivity contribution in [2.75, 3.05) is 0 Å². The van der Waals surface area contributed by atoms with Gasteiger partial charge in [-0.2, -0.15) is 0 Å². The maximum absolute atomic E-state index is 10.8. The van der Waals surface area contributed by atoms with Crippen molar-refractivity contribution >= 4 is 13.9 Å². The highest BCUT2D eigenvalue weighted by atomic mass is 31.2. The van der Waals surface area contributed by atoms with Gasteiger partial charge in [0.1, 0.15) is 11.9 Å². The van der Waals surface area contributed by atoms with Gasteiger partial charge in [-0.15, -0.1) is 0 Å². The molecule has 0 aromatic heterocycles. The van der Waals surface area contributed by atoms with Crippen LogP contribution in [-0.4, -0.2) is 16.1 Å². The molecule has 0 amide bonds. The minimum atomic E-state index is -4.37. The molecule has 0 heterocycles. The summed E-state index contributed by atoms with van der Waals surface area (Å²) in [6.45, 7) is 0. The summed E-state index contributed by atoms with van der Waals surface area (Å²) < 4.78 is 10.8. The first-order valence-corrected chi connectivity index (χ1v) is 5.29. The molecule has 0 bridgehead atoms. The maximum Gasteiger partial charge on any atom is 0.340 e. The van der Waals surface area contributed by atoms with Gasteiger partial charge in [0.15, 0.2) is 0 Å². The van der Waals surface area contributed by atoms with E-state index in [2.05, 4.69) is 0 Å². The molecule has 13 heavy (non-hydrogen) atoms. The Morgan fingerprint density at radius 2 is 1.77 bits per heavy atom. The smallest absolute Gasteiger partial charge is 0.324 e. The topological polar surface area (TPSA) is 74.6 Å². The van der Waals surface area contributed by atoms with Crippen LogP contribution in [-0.2, 0) is 9.36 Å². The third-order valence-electron chi connectivity index (χ3n) is 1.63. The number of benzene rings is 1. The standard InChI is InChI=1S/C8H9O4P/c9-6-8(13(10,11)12)7-4-2-1-3-5-7/h1-6,8H,(H2,10,11,12). The third-order valence-corrected chi connectivity index (χ3v) is 2.78. The Kier molecular flexibility index (Phi) is 2.98. The highest BCUT2D eigenvalue weighted by Crippen LogP contribution is 2.50. The van der Waals surface area contributed by atoms with Gasteiger partial charge < -0.3 is 14.6 Å². The Morgan fingerprint density at radius 1 is 1.23 bits per heavy atom. The van der Waals surface area contributed by atoms with Crippen molar-refractivity contribution in [3.63, 3.8) is 0 Å². The van der Waals surface area contributed by atoms with Gasteiger partial charge in [0.05, 0.1) is 0 Å². The normalized spacial score (nSPS) is 13.7. The van der Waals surface area contributed by atoms with Gasteiger partial charge in [-0.25, -0.2) is 0 Å². The summed E-state index contributed by atoms with van der Waals surface area (Å²) >= 11 is 0. The summed E-state index contributed by atoms with van der Waals surface area (Å²) in [5, 5.41) is 0. The number of aldehydes is 1. The first-order chi connectivity index (χ1) is 6.05. The van der Waals surface area contributed by atoms with E-state index < -0.39 is 13.3 Å². The van der Waals surface area contributed by atoms with Crippen molar-refractivity contribution in [1.82, 2.24) is 0 Å². The Balaban J connectivity index is 3.06. The predicted molar refractivity (Wildman–Crippen MR) is 47.3 cm³/mol. The molecule has 0 fully saturated rings. The average Bonchev–Trinajstić information content (AvgIpc) is 2.05. The number of rotatable bonds is 3. The first-order valence-electron chi connectivity index (χ1n) is 3.61. The van der Waals surface area contributed by atoms with E-state index in [4.69, 9.17) is 9.79 Å². The van der Waals surface area contributed by atoms with Crippen molar-refractivity contribution in [3.8, 4) is 0 Å². The fourth-order valence-corrected chi connectivity index (χ4v) is 1.72. The minimum Gasteiger partial charge on any atom is -0.324 e. The summed E-state index contributed by atoms with van der Waals surface area (Å²) in [5.41, 5.74) is -1.00. The van der Waals surface area contributed by atoms with Crippen LogP contribution in [0.5, 0.6) is 0 Å². The first kappa shape index (κ1) is 10.1. The molecular formula is C8H9O4P. The zero-order valence-electron chi connectivity index (χ0n) is 6.70. The van der Waals surface area contributed by atoms with Gasteiger partial charge >= 0.3 is 7.60 Å². The van der Waals surface area contributed by atoms with Crippen molar-refractivity contribution in [2.45, 2.75) is 5.66 Å². The van der Waals surface area contributed by atoms with Crippen LogP contribution >= 0.6 is 7.60 Å².